The van der Waals surface area contributed by atoms with E-state index in [1.54, 1.807) is 26.0 Å². The quantitative estimate of drug-likeness (QED) is 0.861. The van der Waals surface area contributed by atoms with E-state index in [1.807, 2.05) is 24.3 Å². The number of carboxylic acids is 1. The van der Waals surface area contributed by atoms with Gasteiger partial charge in [0.2, 0.25) is 0 Å². The van der Waals surface area contributed by atoms with Crippen LogP contribution in [0.5, 0.6) is 11.5 Å². The Hall–Kier alpha value is -3.02. The summed E-state index contributed by atoms with van der Waals surface area (Å²) in [4.78, 5) is 23.4. The molecule has 3 rings (SSSR count). The van der Waals surface area contributed by atoms with Gasteiger partial charge in [-0.2, -0.15) is 0 Å². The topological polar surface area (TPSA) is 84.9 Å². The summed E-state index contributed by atoms with van der Waals surface area (Å²) in [7, 11) is 0. The maximum absolute atomic E-state index is 12.7. The van der Waals surface area contributed by atoms with Gasteiger partial charge in [0.25, 0.3) is 5.91 Å². The van der Waals surface area contributed by atoms with Crippen LogP contribution in [0.2, 0.25) is 0 Å². The van der Waals surface area contributed by atoms with Gasteiger partial charge in [-0.3, -0.25) is 4.79 Å². The van der Waals surface area contributed by atoms with E-state index >= 15 is 0 Å². The molecule has 1 aliphatic heterocycles. The molecule has 0 fully saturated rings. The number of nitrogens with one attached hydrogen (secondary N) is 1. The van der Waals surface area contributed by atoms with Gasteiger partial charge < -0.3 is 19.9 Å². The number of carbonyl (C=O) groups excluding carboxylic acids is 1. The number of carboxylic acid groups (broad SMARTS) is 1. The molecule has 1 aliphatic rings. The van der Waals surface area contributed by atoms with Crippen molar-refractivity contribution in [2.75, 3.05) is 13.2 Å². The van der Waals surface area contributed by atoms with E-state index in [2.05, 4.69) is 5.32 Å². The van der Waals surface area contributed by atoms with Gasteiger partial charge in [0.1, 0.15) is 11.5 Å². The van der Waals surface area contributed by atoms with E-state index in [4.69, 9.17) is 14.6 Å². The van der Waals surface area contributed by atoms with Crippen molar-refractivity contribution in [1.29, 1.82) is 0 Å². The summed E-state index contributed by atoms with van der Waals surface area (Å²) in [6.07, 6.45) is 0.709. The molecule has 26 heavy (non-hydrogen) atoms. The Morgan fingerprint density at radius 1 is 1.23 bits per heavy atom. The lowest BCUT2D eigenvalue weighted by Crippen LogP contribution is -2.32. The lowest BCUT2D eigenvalue weighted by atomic mass is 9.99. The number of hydrogen-bond acceptors (Lipinski definition) is 4. The molecule has 1 heterocycles. The minimum Gasteiger partial charge on any atom is -0.493 e. The fourth-order valence-electron chi connectivity index (χ4n) is 3.18. The molecule has 6 heteroatoms. The van der Waals surface area contributed by atoms with Crippen molar-refractivity contribution in [3.05, 3.63) is 58.7 Å². The molecule has 2 aromatic carbocycles. The normalized spacial score (nSPS) is 15.5. The lowest BCUT2D eigenvalue weighted by molar-refractivity contribution is -0.139. The van der Waals surface area contributed by atoms with Crippen molar-refractivity contribution in [2.45, 2.75) is 26.3 Å². The van der Waals surface area contributed by atoms with Gasteiger partial charge in [0.05, 0.1) is 12.6 Å². The number of para-hydroxylation sites is 1. The first-order valence-electron chi connectivity index (χ1n) is 8.44. The van der Waals surface area contributed by atoms with Gasteiger partial charge in [0.15, 0.2) is 6.61 Å². The van der Waals surface area contributed by atoms with Gasteiger partial charge >= 0.3 is 5.97 Å². The molecule has 1 atom stereocenters. The molecular formula is C20H21NO5. The third-order valence-electron chi connectivity index (χ3n) is 4.33. The molecule has 0 radical (unpaired) electrons. The summed E-state index contributed by atoms with van der Waals surface area (Å²) in [6, 6.07) is 11.0. The highest BCUT2D eigenvalue weighted by molar-refractivity contribution is 5.95. The number of aryl methyl sites for hydroxylation is 2. The van der Waals surface area contributed by atoms with E-state index < -0.39 is 12.6 Å². The molecule has 0 spiro atoms. The average Bonchev–Trinajstić information content (AvgIpc) is 2.61. The summed E-state index contributed by atoms with van der Waals surface area (Å²) >= 11 is 0. The first-order valence-corrected chi connectivity index (χ1v) is 8.44. The number of rotatable bonds is 5. The SMILES string of the molecule is Cc1cc(C(=O)NC2CCOc3ccccc32)cc(C)c1OCC(=O)O. The summed E-state index contributed by atoms with van der Waals surface area (Å²) in [5, 5.41) is 11.8. The molecule has 2 aromatic rings. The molecule has 0 aromatic heterocycles. The third kappa shape index (κ3) is 3.79. The Kier molecular flexibility index (Phi) is 5.11. The molecule has 2 N–H and O–H groups in total. The molecule has 0 bridgehead atoms. The second-order valence-corrected chi connectivity index (χ2v) is 6.32. The number of carbonyl (C=O) groups is 2. The Labute approximate surface area is 151 Å². The highest BCUT2D eigenvalue weighted by atomic mass is 16.5. The highest BCUT2D eigenvalue weighted by Crippen LogP contribution is 2.32. The minimum absolute atomic E-state index is 0.101. The van der Waals surface area contributed by atoms with Crippen molar-refractivity contribution in [2.24, 2.45) is 0 Å². The van der Waals surface area contributed by atoms with Crippen LogP contribution < -0.4 is 14.8 Å². The van der Waals surface area contributed by atoms with Gasteiger partial charge in [0, 0.05) is 17.5 Å². The number of aliphatic carboxylic acids is 1. The zero-order valence-electron chi connectivity index (χ0n) is 14.7. The first kappa shape index (κ1) is 17.8. The van der Waals surface area contributed by atoms with Crippen molar-refractivity contribution >= 4 is 11.9 Å². The Morgan fingerprint density at radius 2 is 1.92 bits per heavy atom. The maximum atomic E-state index is 12.7. The lowest BCUT2D eigenvalue weighted by Gasteiger charge is -2.26. The fourth-order valence-corrected chi connectivity index (χ4v) is 3.18. The molecule has 1 unspecified atom stereocenters. The molecule has 0 saturated heterocycles. The second-order valence-electron chi connectivity index (χ2n) is 6.32. The predicted octanol–water partition coefficient (Wildman–Crippen LogP) is 3.02. The third-order valence-corrected chi connectivity index (χ3v) is 4.33. The van der Waals surface area contributed by atoms with Crippen LogP contribution in [0.15, 0.2) is 36.4 Å². The minimum atomic E-state index is -1.04. The van der Waals surface area contributed by atoms with E-state index in [1.165, 1.54) is 0 Å². The van der Waals surface area contributed by atoms with Crippen LogP contribution >= 0.6 is 0 Å². The Balaban J connectivity index is 1.78. The van der Waals surface area contributed by atoms with Crippen molar-refractivity contribution in [1.82, 2.24) is 5.32 Å². The van der Waals surface area contributed by atoms with Crippen molar-refractivity contribution < 1.29 is 24.2 Å². The van der Waals surface area contributed by atoms with E-state index in [-0.39, 0.29) is 11.9 Å². The van der Waals surface area contributed by atoms with Crippen LogP contribution in [0, 0.1) is 13.8 Å². The van der Waals surface area contributed by atoms with E-state index in [0.717, 1.165) is 22.4 Å². The molecular weight excluding hydrogens is 334 g/mol. The van der Waals surface area contributed by atoms with Crippen LogP contribution in [0.25, 0.3) is 0 Å². The number of hydrogen-bond donors (Lipinski definition) is 2. The summed E-state index contributed by atoms with van der Waals surface area (Å²) in [5.41, 5.74) is 2.95. The number of amides is 1. The molecule has 0 aliphatic carbocycles. The summed E-state index contributed by atoms with van der Waals surface area (Å²) in [6.45, 7) is 3.74. The van der Waals surface area contributed by atoms with Crippen LogP contribution in [-0.4, -0.2) is 30.2 Å². The van der Waals surface area contributed by atoms with Gasteiger partial charge in [-0.15, -0.1) is 0 Å². The standard InChI is InChI=1S/C20H21NO5/c1-12-9-14(10-13(2)19(12)26-11-18(22)23)20(24)21-16-7-8-25-17-6-4-3-5-15(16)17/h3-6,9-10,16H,7-8,11H2,1-2H3,(H,21,24)(H,22,23). The number of fused-ring (bicyclic) bond motifs is 1. The van der Waals surface area contributed by atoms with Gasteiger partial charge in [-0.05, 0) is 43.2 Å². The average molecular weight is 355 g/mol. The first-order chi connectivity index (χ1) is 12.5. The molecule has 1 amide bonds. The Bertz CT molecular complexity index is 823. The van der Waals surface area contributed by atoms with Gasteiger partial charge in [-0.1, -0.05) is 18.2 Å². The maximum Gasteiger partial charge on any atom is 0.341 e. The fraction of sp³-hybridized carbons (Fsp3) is 0.300. The highest BCUT2D eigenvalue weighted by Gasteiger charge is 2.23. The number of ether oxygens (including phenoxy) is 2. The summed E-state index contributed by atoms with van der Waals surface area (Å²) < 4.78 is 10.9. The molecule has 6 nitrogen and oxygen atoms in total. The van der Waals surface area contributed by atoms with Crippen LogP contribution in [0.3, 0.4) is 0 Å². The zero-order chi connectivity index (χ0) is 18.7. The van der Waals surface area contributed by atoms with Crippen molar-refractivity contribution in [3.63, 3.8) is 0 Å². The second kappa shape index (κ2) is 7.47. The van der Waals surface area contributed by atoms with Crippen LogP contribution in [0.1, 0.15) is 39.5 Å². The van der Waals surface area contributed by atoms with E-state index in [9.17, 15) is 9.59 Å². The summed E-state index contributed by atoms with van der Waals surface area (Å²) in [5.74, 6) is 0.0840. The molecule has 0 saturated carbocycles. The Morgan fingerprint density at radius 3 is 2.62 bits per heavy atom. The zero-order valence-corrected chi connectivity index (χ0v) is 14.7. The number of benzene rings is 2. The van der Waals surface area contributed by atoms with E-state index in [0.29, 0.717) is 24.3 Å². The van der Waals surface area contributed by atoms with Crippen LogP contribution in [0.4, 0.5) is 0 Å². The predicted molar refractivity (Wildman–Crippen MR) is 95.8 cm³/mol. The smallest absolute Gasteiger partial charge is 0.341 e. The largest absolute Gasteiger partial charge is 0.493 e. The van der Waals surface area contributed by atoms with Crippen LogP contribution in [-0.2, 0) is 4.79 Å². The van der Waals surface area contributed by atoms with Gasteiger partial charge in [-0.25, -0.2) is 4.79 Å². The van der Waals surface area contributed by atoms with Crippen molar-refractivity contribution in [3.8, 4) is 11.5 Å². The molecule has 136 valence electrons. The monoisotopic (exact) mass is 355 g/mol.